The van der Waals surface area contributed by atoms with Crippen molar-refractivity contribution in [1.29, 1.82) is 0 Å². The SMILES string of the molecule is C[Se]CC[C@H](NC(=O)[C@H](Cc1ccccc1)NC(=O)[C@H](CC(N)=O)NC(=O)[C@H](Cc1ccccc1)NC(=O)[C@@H](N)CC[Se]C)C(=O)NCC=O. The van der Waals surface area contributed by atoms with Crippen LogP contribution in [0.5, 0.6) is 0 Å². The van der Waals surface area contributed by atoms with Crippen LogP contribution in [-0.4, -0.2) is 108 Å². The first-order valence-electron chi connectivity index (χ1n) is 16.0. The topological polar surface area (TPSA) is 232 Å². The molecular formula is C34H47N7O7Se2. The number of nitrogens with one attached hydrogen (secondary N) is 5. The maximum atomic E-state index is 13.7. The van der Waals surface area contributed by atoms with Crippen molar-refractivity contribution in [3.8, 4) is 0 Å². The van der Waals surface area contributed by atoms with Crippen molar-refractivity contribution in [2.75, 3.05) is 6.54 Å². The van der Waals surface area contributed by atoms with Crippen LogP contribution in [0.15, 0.2) is 60.7 Å². The van der Waals surface area contributed by atoms with Crippen LogP contribution >= 0.6 is 0 Å². The van der Waals surface area contributed by atoms with E-state index < -0.39 is 72.1 Å². The Balaban J connectivity index is 2.34. The van der Waals surface area contributed by atoms with Gasteiger partial charge >= 0.3 is 306 Å². The number of nitrogens with two attached hydrogens (primary N) is 2. The molecule has 0 radical (unpaired) electrons. The van der Waals surface area contributed by atoms with Crippen LogP contribution in [0.2, 0.25) is 22.3 Å². The maximum absolute atomic E-state index is 13.7. The first-order chi connectivity index (χ1) is 24.0. The molecule has 0 saturated heterocycles. The molecule has 0 saturated carbocycles. The van der Waals surface area contributed by atoms with Gasteiger partial charge in [0.1, 0.15) is 0 Å². The molecule has 0 unspecified atom stereocenters. The summed E-state index contributed by atoms with van der Waals surface area (Å²) >= 11 is 0.508. The van der Waals surface area contributed by atoms with Crippen LogP contribution in [0, 0.1) is 0 Å². The standard InChI is InChI=1S/C34H47N7O7Se2/c1-49-17-13-24(35)30(44)39-26(19-22-9-5-3-6-10-22)33(47)41-28(21-29(36)43)34(48)40-27(20-23-11-7-4-8-12-23)32(46)38-25(14-18-50-2)31(45)37-15-16-42/h3-12,16,24-28H,13-15,17-21,35H2,1-2H3,(H2,36,43)(H,37,45)(H,38,46)(H,39,44)(H,40,48)(H,41,47)/t24-,25-,26-,27-,28-/m0/s1. The van der Waals surface area contributed by atoms with Crippen LogP contribution in [-0.2, 0) is 46.4 Å². The van der Waals surface area contributed by atoms with Gasteiger partial charge in [0.05, 0.1) is 0 Å². The Hall–Kier alpha value is -4.07. The molecule has 0 heterocycles. The fourth-order valence-corrected chi connectivity index (χ4v) is 6.79. The number of primary amides is 1. The normalized spacial score (nSPS) is 13.7. The zero-order valence-corrected chi connectivity index (χ0v) is 31.6. The molecule has 2 aromatic rings. The number of hydrogen-bond acceptors (Lipinski definition) is 8. The van der Waals surface area contributed by atoms with Gasteiger partial charge in [0.15, 0.2) is 0 Å². The van der Waals surface area contributed by atoms with Crippen LogP contribution in [0.1, 0.15) is 30.4 Å². The van der Waals surface area contributed by atoms with E-state index in [1.165, 1.54) is 0 Å². The minimum atomic E-state index is -1.51. The van der Waals surface area contributed by atoms with E-state index in [9.17, 15) is 33.6 Å². The predicted molar refractivity (Wildman–Crippen MR) is 191 cm³/mol. The van der Waals surface area contributed by atoms with E-state index in [1.807, 2.05) is 11.6 Å². The molecule has 2 aromatic carbocycles. The summed E-state index contributed by atoms with van der Waals surface area (Å²) in [4.78, 5) is 89.8. The van der Waals surface area contributed by atoms with E-state index in [2.05, 4.69) is 26.6 Å². The van der Waals surface area contributed by atoms with Crippen LogP contribution in [0.4, 0.5) is 0 Å². The number of carbonyl (C=O) groups excluding carboxylic acids is 7. The fourth-order valence-electron chi connectivity index (χ4n) is 4.77. The minimum absolute atomic E-state index is 0.0136. The van der Waals surface area contributed by atoms with E-state index in [4.69, 9.17) is 11.5 Å². The Bertz CT molecular complexity index is 1420. The van der Waals surface area contributed by atoms with Crippen LogP contribution < -0.4 is 38.1 Å². The summed E-state index contributed by atoms with van der Waals surface area (Å²) in [6, 6.07) is 12.0. The molecule has 0 aliphatic heterocycles. The molecule has 272 valence electrons. The zero-order valence-electron chi connectivity index (χ0n) is 28.2. The molecule has 5 atom stereocenters. The van der Waals surface area contributed by atoms with Crippen molar-refractivity contribution < 1.29 is 33.6 Å². The molecule has 14 nitrogen and oxygen atoms in total. The quantitative estimate of drug-likeness (QED) is 0.0545. The van der Waals surface area contributed by atoms with Crippen molar-refractivity contribution in [2.45, 2.75) is 84.6 Å². The number of rotatable bonds is 23. The Morgan fingerprint density at radius 3 is 1.56 bits per heavy atom. The van der Waals surface area contributed by atoms with E-state index in [1.54, 1.807) is 60.7 Å². The van der Waals surface area contributed by atoms with Gasteiger partial charge in [-0.05, 0) is 0 Å². The van der Waals surface area contributed by atoms with Gasteiger partial charge < -0.3 is 0 Å². The van der Waals surface area contributed by atoms with Crippen molar-refractivity contribution in [3.05, 3.63) is 71.8 Å². The second kappa shape index (κ2) is 23.4. The molecular weight excluding hydrogens is 776 g/mol. The van der Waals surface area contributed by atoms with Crippen molar-refractivity contribution in [3.63, 3.8) is 0 Å². The zero-order chi connectivity index (χ0) is 36.9. The van der Waals surface area contributed by atoms with E-state index in [-0.39, 0.29) is 34.3 Å². The van der Waals surface area contributed by atoms with Gasteiger partial charge in [-0.2, -0.15) is 0 Å². The Morgan fingerprint density at radius 1 is 0.640 bits per heavy atom. The van der Waals surface area contributed by atoms with Crippen molar-refractivity contribution in [1.82, 2.24) is 26.6 Å². The van der Waals surface area contributed by atoms with Crippen LogP contribution in [0.25, 0.3) is 0 Å². The molecule has 50 heavy (non-hydrogen) atoms. The Kier molecular flexibility index (Phi) is 19.7. The summed E-state index contributed by atoms with van der Waals surface area (Å²) in [5.74, 6) is -0.270. The second-order valence-electron chi connectivity index (χ2n) is 11.4. The molecule has 0 aliphatic carbocycles. The molecule has 0 fully saturated rings. The Labute approximate surface area is 305 Å². The number of hydrogen-bond donors (Lipinski definition) is 7. The van der Waals surface area contributed by atoms with Gasteiger partial charge in [0.25, 0.3) is 0 Å². The van der Waals surface area contributed by atoms with Gasteiger partial charge in [-0.3, -0.25) is 0 Å². The van der Waals surface area contributed by atoms with Gasteiger partial charge in [0.2, 0.25) is 0 Å². The molecule has 0 aliphatic rings. The summed E-state index contributed by atoms with van der Waals surface area (Å²) in [6.07, 6.45) is 0.772. The second-order valence-corrected chi connectivity index (χ2v) is 15.5. The van der Waals surface area contributed by atoms with Gasteiger partial charge in [-0.1, -0.05) is 0 Å². The molecule has 16 heteroatoms. The van der Waals surface area contributed by atoms with Gasteiger partial charge in [-0.15, -0.1) is 0 Å². The summed E-state index contributed by atoms with van der Waals surface area (Å²) in [5.41, 5.74) is 13.0. The summed E-state index contributed by atoms with van der Waals surface area (Å²) in [6.45, 7) is -0.224. The number of benzene rings is 2. The molecule has 2 rings (SSSR count). The van der Waals surface area contributed by atoms with Crippen molar-refractivity contribution >= 4 is 71.6 Å². The monoisotopic (exact) mass is 825 g/mol. The van der Waals surface area contributed by atoms with Gasteiger partial charge in [0, 0.05) is 0 Å². The van der Waals surface area contributed by atoms with Gasteiger partial charge in [-0.25, -0.2) is 0 Å². The third-order valence-corrected chi connectivity index (χ3v) is 10.1. The first-order valence-corrected chi connectivity index (χ1v) is 21.9. The average molecular weight is 824 g/mol. The molecule has 9 N–H and O–H groups in total. The fraction of sp³-hybridized carbons (Fsp3) is 0.441. The summed E-state index contributed by atoms with van der Waals surface area (Å²) < 4.78 is 0. The molecule has 0 spiro atoms. The number of amides is 6. The molecule has 0 bridgehead atoms. The molecule has 0 aromatic heterocycles. The molecule has 6 amide bonds. The van der Waals surface area contributed by atoms with E-state index >= 15 is 0 Å². The number of aldehydes is 1. The van der Waals surface area contributed by atoms with E-state index in [0.29, 0.717) is 45.0 Å². The third-order valence-electron chi connectivity index (χ3n) is 7.44. The summed E-state index contributed by atoms with van der Waals surface area (Å²) in [5, 5.41) is 14.4. The van der Waals surface area contributed by atoms with E-state index in [0.717, 1.165) is 10.9 Å². The average Bonchev–Trinajstić information content (AvgIpc) is 3.10. The van der Waals surface area contributed by atoms with Crippen LogP contribution in [0.3, 0.4) is 0 Å². The predicted octanol–water partition coefficient (Wildman–Crippen LogP) is -0.950. The third kappa shape index (κ3) is 15.6. The Morgan fingerprint density at radius 2 is 1.08 bits per heavy atom. The summed E-state index contributed by atoms with van der Waals surface area (Å²) in [7, 11) is 0. The first kappa shape index (κ1) is 42.1. The van der Waals surface area contributed by atoms with Crippen molar-refractivity contribution in [2.24, 2.45) is 11.5 Å². The number of carbonyl (C=O) groups is 7.